The predicted octanol–water partition coefficient (Wildman–Crippen LogP) is 3.26. The van der Waals surface area contributed by atoms with Crippen LogP contribution in [0.25, 0.3) is 0 Å². The van der Waals surface area contributed by atoms with Gasteiger partial charge in [0.1, 0.15) is 5.92 Å². The zero-order valence-electron chi connectivity index (χ0n) is 14.2. The van der Waals surface area contributed by atoms with Gasteiger partial charge >= 0.3 is 0 Å². The highest BCUT2D eigenvalue weighted by atomic mass is 35.5. The van der Waals surface area contributed by atoms with E-state index >= 15 is 0 Å². The lowest BCUT2D eigenvalue weighted by Gasteiger charge is -2.29. The highest BCUT2D eigenvalue weighted by Crippen LogP contribution is 2.41. The molecule has 2 atom stereocenters. The minimum absolute atomic E-state index is 0.0349. The van der Waals surface area contributed by atoms with Crippen LogP contribution in [0.1, 0.15) is 11.5 Å². The molecular weight excluding hydrogens is 418 g/mol. The molecule has 2 N–H and O–H groups in total. The predicted molar refractivity (Wildman–Crippen MR) is 107 cm³/mol. The number of anilines is 1. The van der Waals surface area contributed by atoms with Gasteiger partial charge in [-0.15, -0.1) is 11.3 Å². The summed E-state index contributed by atoms with van der Waals surface area (Å²) >= 11 is 8.56. The molecule has 0 bridgehead atoms. The summed E-state index contributed by atoms with van der Waals surface area (Å²) in [6.45, 7) is 0. The fourth-order valence-electron chi connectivity index (χ4n) is 2.72. The zero-order valence-corrected chi connectivity index (χ0v) is 16.6. The second kappa shape index (κ2) is 8.89. The standard InChI is InChI=1S/C18H12ClN5O2S2/c19-13-4-2-1-3-10(13)15-11(7-20)16(26)24-17(12(15)8-21)28-9-14(25)23-18-22-5-6-27-18/h1-6,11,15H,9H2,(H,24,26)(H,22,23,25)/t11-,15-/m1/s1. The van der Waals surface area contributed by atoms with Crippen molar-refractivity contribution in [3.8, 4) is 12.1 Å². The molecule has 0 unspecified atom stereocenters. The fourth-order valence-corrected chi connectivity index (χ4v) is 4.37. The van der Waals surface area contributed by atoms with Crippen molar-refractivity contribution >= 4 is 51.6 Å². The number of nitrogens with zero attached hydrogens (tertiary/aromatic N) is 3. The van der Waals surface area contributed by atoms with E-state index in [0.29, 0.717) is 15.7 Å². The summed E-state index contributed by atoms with van der Waals surface area (Å²) in [5, 5.41) is 27.2. The van der Waals surface area contributed by atoms with E-state index in [1.807, 2.05) is 6.07 Å². The number of thiazole rings is 1. The van der Waals surface area contributed by atoms with E-state index in [9.17, 15) is 20.1 Å². The molecule has 7 nitrogen and oxygen atoms in total. The van der Waals surface area contributed by atoms with Crippen LogP contribution in [-0.4, -0.2) is 22.6 Å². The normalized spacial score (nSPS) is 18.8. The Labute approximate surface area is 174 Å². The third-order valence-corrected chi connectivity index (χ3v) is 5.98. The van der Waals surface area contributed by atoms with Crippen LogP contribution in [0.3, 0.4) is 0 Å². The molecule has 2 aromatic rings. The number of carbonyl (C=O) groups is 2. The lowest BCUT2D eigenvalue weighted by Crippen LogP contribution is -2.39. The third-order valence-electron chi connectivity index (χ3n) is 3.93. The van der Waals surface area contributed by atoms with Crippen LogP contribution < -0.4 is 10.6 Å². The SMILES string of the molecule is N#CC1=C(SCC(=O)Nc2nccs2)NC(=O)[C@H](C#N)[C@H]1c1ccccc1Cl. The van der Waals surface area contributed by atoms with Gasteiger partial charge in [-0.25, -0.2) is 4.98 Å². The second-order valence-electron chi connectivity index (χ2n) is 5.62. The number of hydrogen-bond donors (Lipinski definition) is 2. The van der Waals surface area contributed by atoms with Gasteiger partial charge in [-0.05, 0) is 11.6 Å². The number of thioether (sulfide) groups is 1. The summed E-state index contributed by atoms with van der Waals surface area (Å²) in [6.07, 6.45) is 1.57. The van der Waals surface area contributed by atoms with Crippen molar-refractivity contribution in [1.82, 2.24) is 10.3 Å². The summed E-state index contributed by atoms with van der Waals surface area (Å²) in [6, 6.07) is 10.8. The molecule has 1 aliphatic rings. The first kappa shape index (κ1) is 19.9. The monoisotopic (exact) mass is 429 g/mol. The number of nitrogens with one attached hydrogen (secondary N) is 2. The van der Waals surface area contributed by atoms with Gasteiger partial charge in [0.2, 0.25) is 11.8 Å². The van der Waals surface area contributed by atoms with E-state index in [2.05, 4.69) is 21.7 Å². The molecule has 3 rings (SSSR count). The number of carbonyl (C=O) groups excluding carboxylic acids is 2. The molecule has 0 spiro atoms. The molecule has 0 radical (unpaired) electrons. The van der Waals surface area contributed by atoms with Gasteiger partial charge in [-0.2, -0.15) is 10.5 Å². The van der Waals surface area contributed by atoms with E-state index in [4.69, 9.17) is 11.6 Å². The van der Waals surface area contributed by atoms with Gasteiger partial charge in [-0.3, -0.25) is 9.59 Å². The van der Waals surface area contributed by atoms with Crippen molar-refractivity contribution in [2.75, 3.05) is 11.1 Å². The van der Waals surface area contributed by atoms with Gasteiger partial charge in [-0.1, -0.05) is 41.6 Å². The average molecular weight is 430 g/mol. The van der Waals surface area contributed by atoms with Gasteiger partial charge in [0, 0.05) is 22.5 Å². The molecule has 2 heterocycles. The minimum atomic E-state index is -1.09. The number of aromatic nitrogens is 1. The highest BCUT2D eigenvalue weighted by Gasteiger charge is 2.40. The van der Waals surface area contributed by atoms with Crippen molar-refractivity contribution in [3.05, 3.63) is 57.0 Å². The Kier molecular flexibility index (Phi) is 6.32. The maximum absolute atomic E-state index is 12.5. The smallest absolute Gasteiger partial charge is 0.243 e. The lowest BCUT2D eigenvalue weighted by molar-refractivity contribution is -0.123. The van der Waals surface area contributed by atoms with E-state index in [1.165, 1.54) is 11.3 Å². The van der Waals surface area contributed by atoms with Crippen LogP contribution in [0.4, 0.5) is 5.13 Å². The van der Waals surface area contributed by atoms with Crippen LogP contribution in [0.5, 0.6) is 0 Å². The number of hydrogen-bond acceptors (Lipinski definition) is 7. The highest BCUT2D eigenvalue weighted by molar-refractivity contribution is 8.03. The number of nitriles is 2. The van der Waals surface area contributed by atoms with E-state index in [-0.39, 0.29) is 22.3 Å². The first-order valence-electron chi connectivity index (χ1n) is 7.96. The summed E-state index contributed by atoms with van der Waals surface area (Å²) in [7, 11) is 0. The number of benzene rings is 1. The Balaban J connectivity index is 1.89. The van der Waals surface area contributed by atoms with Gasteiger partial charge in [0.05, 0.1) is 28.5 Å². The Morgan fingerprint density at radius 2 is 2.18 bits per heavy atom. The number of amides is 2. The molecular formula is C18H12ClN5O2S2. The van der Waals surface area contributed by atoms with E-state index in [1.54, 1.807) is 35.8 Å². The summed E-state index contributed by atoms with van der Waals surface area (Å²) in [5.41, 5.74) is 0.721. The van der Waals surface area contributed by atoms with Crippen molar-refractivity contribution in [2.24, 2.45) is 5.92 Å². The van der Waals surface area contributed by atoms with Crippen molar-refractivity contribution in [3.63, 3.8) is 0 Å². The largest absolute Gasteiger partial charge is 0.319 e. The van der Waals surface area contributed by atoms with Gasteiger partial charge in [0.15, 0.2) is 5.13 Å². The first-order chi connectivity index (χ1) is 13.5. The summed E-state index contributed by atoms with van der Waals surface area (Å²) < 4.78 is 0. The molecule has 140 valence electrons. The first-order valence-corrected chi connectivity index (χ1v) is 10.2. The van der Waals surface area contributed by atoms with Crippen LogP contribution >= 0.6 is 34.7 Å². The lowest BCUT2D eigenvalue weighted by atomic mass is 9.79. The van der Waals surface area contributed by atoms with Crippen LogP contribution in [0.15, 0.2) is 46.4 Å². The Hall–Kier alpha value is -2.85. The molecule has 28 heavy (non-hydrogen) atoms. The topological polar surface area (TPSA) is 119 Å². The van der Waals surface area contributed by atoms with Crippen molar-refractivity contribution in [2.45, 2.75) is 5.92 Å². The zero-order chi connectivity index (χ0) is 20.1. The molecule has 0 saturated heterocycles. The molecule has 1 aromatic carbocycles. The van der Waals surface area contributed by atoms with Crippen LogP contribution in [0.2, 0.25) is 5.02 Å². The van der Waals surface area contributed by atoms with Crippen molar-refractivity contribution in [1.29, 1.82) is 10.5 Å². The van der Waals surface area contributed by atoms with Crippen LogP contribution in [-0.2, 0) is 9.59 Å². The molecule has 10 heteroatoms. The Morgan fingerprint density at radius 1 is 1.39 bits per heavy atom. The van der Waals surface area contributed by atoms with E-state index in [0.717, 1.165) is 11.8 Å². The molecule has 2 amide bonds. The number of allylic oxidation sites excluding steroid dienone is 1. The Morgan fingerprint density at radius 3 is 2.82 bits per heavy atom. The molecule has 0 aliphatic carbocycles. The maximum Gasteiger partial charge on any atom is 0.243 e. The van der Waals surface area contributed by atoms with E-state index < -0.39 is 17.7 Å². The molecule has 1 aliphatic heterocycles. The maximum atomic E-state index is 12.5. The Bertz CT molecular complexity index is 1020. The summed E-state index contributed by atoms with van der Waals surface area (Å²) in [4.78, 5) is 28.5. The minimum Gasteiger partial charge on any atom is -0.319 e. The van der Waals surface area contributed by atoms with Crippen LogP contribution in [0, 0.1) is 28.6 Å². The number of rotatable bonds is 5. The number of halogens is 1. The third kappa shape index (κ3) is 4.18. The molecule has 0 fully saturated rings. The second-order valence-corrected chi connectivity index (χ2v) is 7.91. The molecule has 0 saturated carbocycles. The van der Waals surface area contributed by atoms with Crippen molar-refractivity contribution < 1.29 is 9.59 Å². The van der Waals surface area contributed by atoms with Gasteiger partial charge < -0.3 is 10.6 Å². The molecule has 1 aromatic heterocycles. The average Bonchev–Trinajstić information content (AvgIpc) is 3.19. The summed E-state index contributed by atoms with van der Waals surface area (Å²) in [5.74, 6) is -2.79. The quantitative estimate of drug-likeness (QED) is 0.752. The van der Waals surface area contributed by atoms with Gasteiger partial charge in [0.25, 0.3) is 0 Å². The fraction of sp³-hybridized carbons (Fsp3) is 0.167.